The monoisotopic (exact) mass is 444 g/mol. The van der Waals surface area contributed by atoms with Crippen LogP contribution < -0.4 is 21.1 Å². The topological polar surface area (TPSA) is 96.7 Å². The van der Waals surface area contributed by atoms with Gasteiger partial charge in [-0.25, -0.2) is 0 Å². The van der Waals surface area contributed by atoms with Gasteiger partial charge >= 0.3 is 0 Å². The summed E-state index contributed by atoms with van der Waals surface area (Å²) in [6, 6.07) is 7.31. The zero-order valence-electron chi connectivity index (χ0n) is 16.9. The third kappa shape index (κ3) is 5.24. The molecule has 9 heteroatoms. The Hall–Kier alpha value is -2.75. The van der Waals surface area contributed by atoms with Crippen LogP contribution in [0.5, 0.6) is 5.75 Å². The van der Waals surface area contributed by atoms with Gasteiger partial charge in [0.15, 0.2) is 5.11 Å². The second kappa shape index (κ2) is 9.84. The minimum absolute atomic E-state index is 0.118. The minimum atomic E-state index is -0.492. The SMILES string of the molecule is CCN1CCc2c(sc(NC(=S)NC(=O)C=Cc3ccc(OC)cc3)c2C(N)=O)C1. The molecule has 0 fully saturated rings. The summed E-state index contributed by atoms with van der Waals surface area (Å²) in [4.78, 5) is 27.6. The predicted octanol–water partition coefficient (Wildman–Crippen LogP) is 2.76. The van der Waals surface area contributed by atoms with E-state index < -0.39 is 5.91 Å². The first-order valence-electron chi connectivity index (χ1n) is 9.52. The molecule has 2 heterocycles. The lowest BCUT2D eigenvalue weighted by Crippen LogP contribution is -2.33. The lowest BCUT2D eigenvalue weighted by Gasteiger charge is -2.25. The van der Waals surface area contributed by atoms with Crippen LogP contribution in [0.3, 0.4) is 0 Å². The third-order valence-corrected chi connectivity index (χ3v) is 6.17. The number of hydrogen-bond donors (Lipinski definition) is 3. The molecule has 1 aromatic carbocycles. The maximum atomic E-state index is 12.2. The van der Waals surface area contributed by atoms with Crippen molar-refractivity contribution in [3.63, 3.8) is 0 Å². The van der Waals surface area contributed by atoms with Gasteiger partial charge in [0.05, 0.1) is 12.7 Å². The first-order valence-corrected chi connectivity index (χ1v) is 10.7. The maximum absolute atomic E-state index is 12.2. The van der Waals surface area contributed by atoms with E-state index in [0.29, 0.717) is 10.6 Å². The number of anilines is 1. The van der Waals surface area contributed by atoms with E-state index in [0.717, 1.165) is 47.8 Å². The van der Waals surface area contributed by atoms with Crippen molar-refractivity contribution in [1.29, 1.82) is 0 Å². The van der Waals surface area contributed by atoms with Crippen molar-refractivity contribution >= 4 is 51.6 Å². The van der Waals surface area contributed by atoms with Crippen molar-refractivity contribution in [2.75, 3.05) is 25.5 Å². The van der Waals surface area contributed by atoms with Gasteiger partial charge in [-0.2, -0.15) is 0 Å². The quantitative estimate of drug-likeness (QED) is 0.468. The molecule has 2 amide bonds. The zero-order chi connectivity index (χ0) is 21.7. The molecular weight excluding hydrogens is 420 g/mol. The van der Waals surface area contributed by atoms with E-state index >= 15 is 0 Å². The number of methoxy groups -OCH3 is 1. The van der Waals surface area contributed by atoms with E-state index in [1.54, 1.807) is 13.2 Å². The van der Waals surface area contributed by atoms with E-state index in [2.05, 4.69) is 22.5 Å². The van der Waals surface area contributed by atoms with Crippen LogP contribution in [0.2, 0.25) is 0 Å². The number of thiocarbonyl (C=S) groups is 1. The van der Waals surface area contributed by atoms with E-state index in [1.807, 2.05) is 24.3 Å². The molecule has 4 N–H and O–H groups in total. The molecule has 0 unspecified atom stereocenters. The van der Waals surface area contributed by atoms with Crippen LogP contribution in [0.25, 0.3) is 6.08 Å². The number of nitrogens with zero attached hydrogens (tertiary/aromatic N) is 1. The number of rotatable bonds is 6. The average Bonchev–Trinajstić information content (AvgIpc) is 3.09. The van der Waals surface area contributed by atoms with Gasteiger partial charge in [-0.15, -0.1) is 11.3 Å². The number of carbonyl (C=O) groups excluding carboxylic acids is 2. The van der Waals surface area contributed by atoms with Crippen molar-refractivity contribution in [2.45, 2.75) is 19.9 Å². The van der Waals surface area contributed by atoms with E-state index in [9.17, 15) is 9.59 Å². The highest BCUT2D eigenvalue weighted by Crippen LogP contribution is 2.36. The maximum Gasteiger partial charge on any atom is 0.251 e. The predicted molar refractivity (Wildman–Crippen MR) is 124 cm³/mol. The largest absolute Gasteiger partial charge is 0.497 e. The lowest BCUT2D eigenvalue weighted by molar-refractivity contribution is -0.115. The van der Waals surface area contributed by atoms with Gasteiger partial charge in [-0.05, 0) is 54.5 Å². The number of nitrogens with two attached hydrogens (primary N) is 1. The second-order valence-corrected chi connectivity index (χ2v) is 8.25. The van der Waals surface area contributed by atoms with Gasteiger partial charge in [-0.3, -0.25) is 19.8 Å². The number of carbonyl (C=O) groups is 2. The number of nitrogens with one attached hydrogen (secondary N) is 2. The molecule has 0 spiro atoms. The third-order valence-electron chi connectivity index (χ3n) is 4.84. The Morgan fingerprint density at radius 1 is 1.33 bits per heavy atom. The summed E-state index contributed by atoms with van der Waals surface area (Å²) in [6.07, 6.45) is 3.84. The first kappa shape index (κ1) is 21.9. The van der Waals surface area contributed by atoms with Crippen LogP contribution >= 0.6 is 23.6 Å². The normalized spacial score (nSPS) is 13.7. The Labute approximate surface area is 184 Å². The van der Waals surface area contributed by atoms with E-state index in [4.69, 9.17) is 22.7 Å². The molecule has 1 aliphatic rings. The summed E-state index contributed by atoms with van der Waals surface area (Å²) < 4.78 is 5.11. The summed E-state index contributed by atoms with van der Waals surface area (Å²) in [7, 11) is 1.60. The average molecular weight is 445 g/mol. The standard InChI is InChI=1S/C21H24N4O3S2/c1-3-25-11-10-15-16(12-25)30-20(18(15)19(22)27)24-21(29)23-17(26)9-6-13-4-7-14(28-2)8-5-13/h4-9H,3,10-12H2,1-2H3,(H2,22,27)(H2,23,24,26,29). The molecule has 2 aromatic rings. The molecule has 30 heavy (non-hydrogen) atoms. The highest BCUT2D eigenvalue weighted by molar-refractivity contribution is 7.80. The number of amides is 2. The van der Waals surface area contributed by atoms with Crippen LogP contribution in [0.1, 0.15) is 33.3 Å². The number of fused-ring (bicyclic) bond motifs is 1. The van der Waals surface area contributed by atoms with Gasteiger partial charge in [0, 0.05) is 24.0 Å². The molecular formula is C21H24N4O3S2. The fourth-order valence-corrected chi connectivity index (χ4v) is 4.82. The first-order chi connectivity index (χ1) is 14.4. The molecule has 158 valence electrons. The fraction of sp³-hybridized carbons (Fsp3) is 0.286. The Bertz CT molecular complexity index is 983. The summed E-state index contributed by atoms with van der Waals surface area (Å²) in [5, 5.41) is 6.27. The van der Waals surface area contributed by atoms with Gasteiger partial charge < -0.3 is 15.8 Å². The van der Waals surface area contributed by atoms with Crippen molar-refractivity contribution in [1.82, 2.24) is 10.2 Å². The molecule has 0 radical (unpaired) electrons. The van der Waals surface area contributed by atoms with Crippen LogP contribution in [-0.4, -0.2) is 42.0 Å². The van der Waals surface area contributed by atoms with Crippen LogP contribution in [-0.2, 0) is 17.8 Å². The molecule has 0 bridgehead atoms. The van der Waals surface area contributed by atoms with Crippen molar-refractivity contribution in [3.8, 4) is 5.75 Å². The minimum Gasteiger partial charge on any atom is -0.497 e. The zero-order valence-corrected chi connectivity index (χ0v) is 18.5. The molecule has 0 saturated heterocycles. The number of benzene rings is 1. The van der Waals surface area contributed by atoms with E-state index in [1.165, 1.54) is 17.4 Å². The van der Waals surface area contributed by atoms with Gasteiger partial charge in [0.25, 0.3) is 5.91 Å². The summed E-state index contributed by atoms with van der Waals surface area (Å²) >= 11 is 6.72. The molecule has 0 saturated carbocycles. The van der Waals surface area contributed by atoms with Crippen molar-refractivity contribution in [2.24, 2.45) is 5.73 Å². The van der Waals surface area contributed by atoms with Crippen LogP contribution in [0.15, 0.2) is 30.3 Å². The molecule has 7 nitrogen and oxygen atoms in total. The number of likely N-dealkylation sites (N-methyl/N-ethyl adjacent to an activating group) is 1. The van der Waals surface area contributed by atoms with Gasteiger partial charge in [0.1, 0.15) is 10.8 Å². The van der Waals surface area contributed by atoms with Crippen molar-refractivity contribution < 1.29 is 14.3 Å². The second-order valence-electron chi connectivity index (χ2n) is 6.74. The van der Waals surface area contributed by atoms with Crippen molar-refractivity contribution in [3.05, 3.63) is 51.9 Å². The summed E-state index contributed by atoms with van der Waals surface area (Å²) in [5.74, 6) is -0.121. The highest BCUT2D eigenvalue weighted by Gasteiger charge is 2.26. The molecule has 3 rings (SSSR count). The number of ether oxygens (including phenoxy) is 1. The molecule has 0 aliphatic carbocycles. The highest BCUT2D eigenvalue weighted by atomic mass is 32.1. The molecule has 1 aliphatic heterocycles. The lowest BCUT2D eigenvalue weighted by atomic mass is 10.0. The smallest absolute Gasteiger partial charge is 0.251 e. The van der Waals surface area contributed by atoms with E-state index in [-0.39, 0.29) is 11.0 Å². The van der Waals surface area contributed by atoms with Crippen LogP contribution in [0, 0.1) is 0 Å². The molecule has 1 aromatic heterocycles. The summed E-state index contributed by atoms with van der Waals surface area (Å²) in [6.45, 7) is 4.72. The number of primary amides is 1. The Balaban J connectivity index is 1.65. The van der Waals surface area contributed by atoms with Gasteiger partial charge in [0.2, 0.25) is 5.91 Å². The number of thiophene rings is 1. The number of hydrogen-bond acceptors (Lipinski definition) is 6. The van der Waals surface area contributed by atoms with Crippen LogP contribution in [0.4, 0.5) is 5.00 Å². The van der Waals surface area contributed by atoms with Gasteiger partial charge in [-0.1, -0.05) is 19.1 Å². The Kier molecular flexibility index (Phi) is 7.20. The molecule has 0 atom stereocenters. The Morgan fingerprint density at radius 2 is 2.07 bits per heavy atom. The Morgan fingerprint density at radius 3 is 2.70 bits per heavy atom. The fourth-order valence-electron chi connectivity index (χ4n) is 3.25. The summed E-state index contributed by atoms with van der Waals surface area (Å²) in [5.41, 5.74) is 7.93.